The van der Waals surface area contributed by atoms with Gasteiger partial charge < -0.3 is 4.90 Å². The Labute approximate surface area is 188 Å². The summed E-state index contributed by atoms with van der Waals surface area (Å²) in [5.41, 5.74) is 4.43. The minimum atomic E-state index is -4.38. The molecule has 1 aromatic heterocycles. The fourth-order valence-corrected chi connectivity index (χ4v) is 5.86. The summed E-state index contributed by atoms with van der Waals surface area (Å²) in [5.74, 6) is 0.521. The molecule has 0 amide bonds. The van der Waals surface area contributed by atoms with E-state index >= 15 is 0 Å². The highest BCUT2D eigenvalue weighted by atomic mass is 19.4. The molecule has 3 heterocycles. The molecule has 1 saturated carbocycles. The van der Waals surface area contributed by atoms with Gasteiger partial charge in [-0.25, -0.2) is 4.98 Å². The number of pyridine rings is 1. The quantitative estimate of drug-likeness (QED) is 0.595. The molecular formula is C26H32F3N3. The van der Waals surface area contributed by atoms with E-state index in [1.54, 1.807) is 6.07 Å². The predicted octanol–water partition coefficient (Wildman–Crippen LogP) is 5.83. The first-order valence-corrected chi connectivity index (χ1v) is 12.1. The van der Waals surface area contributed by atoms with E-state index in [1.807, 2.05) is 0 Å². The highest BCUT2D eigenvalue weighted by Crippen LogP contribution is 2.34. The van der Waals surface area contributed by atoms with Crippen molar-refractivity contribution in [1.82, 2.24) is 9.88 Å². The van der Waals surface area contributed by atoms with E-state index in [0.29, 0.717) is 5.92 Å². The second-order valence-electron chi connectivity index (χ2n) is 9.66. The first-order valence-electron chi connectivity index (χ1n) is 12.1. The van der Waals surface area contributed by atoms with Crippen LogP contribution in [0, 0.1) is 0 Å². The van der Waals surface area contributed by atoms with E-state index in [-0.39, 0.29) is 0 Å². The van der Waals surface area contributed by atoms with Crippen LogP contribution in [0.5, 0.6) is 0 Å². The van der Waals surface area contributed by atoms with Crippen molar-refractivity contribution in [2.45, 2.75) is 69.5 Å². The summed E-state index contributed by atoms with van der Waals surface area (Å²) in [4.78, 5) is 8.51. The lowest BCUT2D eigenvalue weighted by atomic mass is 9.86. The molecule has 3 aliphatic rings. The van der Waals surface area contributed by atoms with Crippen LogP contribution in [-0.4, -0.2) is 42.1 Å². The molecule has 0 unspecified atom stereocenters. The number of anilines is 1. The van der Waals surface area contributed by atoms with Gasteiger partial charge >= 0.3 is 6.18 Å². The molecule has 2 aromatic rings. The van der Waals surface area contributed by atoms with Crippen molar-refractivity contribution in [3.8, 4) is 0 Å². The molecule has 172 valence electrons. The third-order valence-electron chi connectivity index (χ3n) is 7.78. The Bertz CT molecular complexity index is 911. The molecule has 2 aliphatic heterocycles. The van der Waals surface area contributed by atoms with Crippen molar-refractivity contribution in [3.63, 3.8) is 0 Å². The summed E-state index contributed by atoms with van der Waals surface area (Å²) in [6, 6.07) is 10.6. The van der Waals surface area contributed by atoms with E-state index in [0.717, 1.165) is 56.6 Å². The summed E-state index contributed by atoms with van der Waals surface area (Å²) in [6.45, 7) is 4.07. The molecule has 0 radical (unpaired) electrons. The third kappa shape index (κ3) is 4.66. The molecular weight excluding hydrogens is 411 g/mol. The van der Waals surface area contributed by atoms with Crippen LogP contribution in [0.15, 0.2) is 36.5 Å². The zero-order chi connectivity index (χ0) is 22.1. The zero-order valence-electron chi connectivity index (χ0n) is 18.6. The minimum absolute atomic E-state index is 0.521. The monoisotopic (exact) mass is 443 g/mol. The van der Waals surface area contributed by atoms with Crippen molar-refractivity contribution >= 4 is 5.69 Å². The maximum atomic E-state index is 12.8. The number of halogens is 3. The average Bonchev–Trinajstić information content (AvgIpc) is 3.26. The molecule has 5 rings (SSSR count). The molecule has 2 fully saturated rings. The van der Waals surface area contributed by atoms with Gasteiger partial charge in [-0.3, -0.25) is 4.90 Å². The fraction of sp³-hybridized carbons (Fsp3) is 0.577. The first-order chi connectivity index (χ1) is 15.5. The lowest BCUT2D eigenvalue weighted by Gasteiger charge is -2.34. The van der Waals surface area contributed by atoms with Crippen LogP contribution < -0.4 is 4.90 Å². The highest BCUT2D eigenvalue weighted by molar-refractivity contribution is 5.46. The molecule has 1 saturated heterocycles. The number of aromatic nitrogens is 1. The number of hydrogen-bond acceptors (Lipinski definition) is 3. The van der Waals surface area contributed by atoms with Gasteiger partial charge in [-0.05, 0) is 73.3 Å². The van der Waals surface area contributed by atoms with E-state index < -0.39 is 11.9 Å². The van der Waals surface area contributed by atoms with Gasteiger partial charge in [0, 0.05) is 32.2 Å². The number of hydrogen-bond donors (Lipinski definition) is 0. The average molecular weight is 444 g/mol. The number of fused-ring (bicyclic) bond motifs is 1. The van der Waals surface area contributed by atoms with Gasteiger partial charge in [0.25, 0.3) is 0 Å². The van der Waals surface area contributed by atoms with Crippen LogP contribution in [0.1, 0.15) is 66.8 Å². The smallest absolute Gasteiger partial charge is 0.370 e. The van der Waals surface area contributed by atoms with E-state index in [4.69, 9.17) is 0 Å². The SMILES string of the molecule is FC(F)(F)c1ccc(N2CCC(c3ccc4c(c3)CCN(C3CCCC3)CC4)CC2)cn1. The molecule has 1 aliphatic carbocycles. The largest absolute Gasteiger partial charge is 0.433 e. The molecule has 3 nitrogen and oxygen atoms in total. The molecule has 0 spiro atoms. The maximum Gasteiger partial charge on any atom is 0.433 e. The Morgan fingerprint density at radius 3 is 2.19 bits per heavy atom. The van der Waals surface area contributed by atoms with Crippen molar-refractivity contribution in [3.05, 3.63) is 58.9 Å². The molecule has 1 aromatic carbocycles. The van der Waals surface area contributed by atoms with Gasteiger partial charge in [0.2, 0.25) is 0 Å². The topological polar surface area (TPSA) is 19.4 Å². The number of benzene rings is 1. The zero-order valence-corrected chi connectivity index (χ0v) is 18.6. The van der Waals surface area contributed by atoms with E-state index in [2.05, 4.69) is 33.0 Å². The molecule has 0 N–H and O–H groups in total. The summed E-state index contributed by atoms with van der Waals surface area (Å²) in [5, 5.41) is 0. The van der Waals surface area contributed by atoms with Crippen LogP contribution in [0.3, 0.4) is 0 Å². The molecule has 32 heavy (non-hydrogen) atoms. The Kier molecular flexibility index (Phi) is 6.15. The Hall–Kier alpha value is -2.08. The van der Waals surface area contributed by atoms with Crippen LogP contribution in [0.25, 0.3) is 0 Å². The molecule has 0 bridgehead atoms. The Morgan fingerprint density at radius 2 is 1.53 bits per heavy atom. The van der Waals surface area contributed by atoms with Gasteiger partial charge in [-0.15, -0.1) is 0 Å². The highest BCUT2D eigenvalue weighted by Gasteiger charge is 2.32. The maximum absolute atomic E-state index is 12.8. The van der Waals surface area contributed by atoms with Crippen molar-refractivity contribution in [2.24, 2.45) is 0 Å². The standard InChI is InChI=1S/C26H32F3N3/c27-26(28,29)25-8-7-24(18-30-25)32-14-10-20(11-15-32)21-6-5-19-9-13-31(16-12-22(19)17-21)23-3-1-2-4-23/h5-8,17-18,20,23H,1-4,9-16H2. The summed E-state index contributed by atoms with van der Waals surface area (Å²) in [6.07, 6.45) is 6.85. The molecule has 6 heteroatoms. The number of piperidine rings is 1. The van der Waals surface area contributed by atoms with E-state index in [1.165, 1.54) is 61.7 Å². The van der Waals surface area contributed by atoms with Gasteiger partial charge in [0.15, 0.2) is 0 Å². The predicted molar refractivity (Wildman–Crippen MR) is 121 cm³/mol. The number of nitrogens with zero attached hydrogens (tertiary/aromatic N) is 3. The summed E-state index contributed by atoms with van der Waals surface area (Å²) >= 11 is 0. The van der Waals surface area contributed by atoms with Crippen LogP contribution in [0.4, 0.5) is 18.9 Å². The Morgan fingerprint density at radius 1 is 0.812 bits per heavy atom. The minimum Gasteiger partial charge on any atom is -0.370 e. The van der Waals surface area contributed by atoms with Crippen molar-refractivity contribution < 1.29 is 13.2 Å². The number of rotatable bonds is 3. The van der Waals surface area contributed by atoms with Crippen molar-refractivity contribution in [1.29, 1.82) is 0 Å². The van der Waals surface area contributed by atoms with Gasteiger partial charge in [-0.2, -0.15) is 13.2 Å². The number of alkyl halides is 3. The second kappa shape index (κ2) is 9.05. The lowest BCUT2D eigenvalue weighted by Crippen LogP contribution is -2.35. The van der Waals surface area contributed by atoms with Crippen LogP contribution in [0.2, 0.25) is 0 Å². The first kappa shape index (κ1) is 21.7. The lowest BCUT2D eigenvalue weighted by molar-refractivity contribution is -0.141. The van der Waals surface area contributed by atoms with Gasteiger partial charge in [0.1, 0.15) is 5.69 Å². The Balaban J connectivity index is 1.20. The fourth-order valence-electron chi connectivity index (χ4n) is 5.86. The van der Waals surface area contributed by atoms with Crippen LogP contribution >= 0.6 is 0 Å². The normalized spacial score (nSPS) is 21.5. The van der Waals surface area contributed by atoms with Gasteiger partial charge in [-0.1, -0.05) is 31.0 Å². The second-order valence-corrected chi connectivity index (χ2v) is 9.66. The third-order valence-corrected chi connectivity index (χ3v) is 7.78. The summed E-state index contributed by atoms with van der Waals surface area (Å²) < 4.78 is 38.3. The van der Waals surface area contributed by atoms with Crippen molar-refractivity contribution in [2.75, 3.05) is 31.1 Å². The van der Waals surface area contributed by atoms with E-state index in [9.17, 15) is 13.2 Å². The summed E-state index contributed by atoms with van der Waals surface area (Å²) in [7, 11) is 0. The molecule has 0 atom stereocenters. The van der Waals surface area contributed by atoms with Crippen LogP contribution in [-0.2, 0) is 19.0 Å². The van der Waals surface area contributed by atoms with Gasteiger partial charge in [0.05, 0.1) is 11.9 Å².